The fourth-order valence-electron chi connectivity index (χ4n) is 2.27. The van der Waals surface area contributed by atoms with Crippen molar-refractivity contribution >= 4 is 33.5 Å². The normalized spacial score (nSPS) is 10.8. The van der Waals surface area contributed by atoms with Gasteiger partial charge in [0.15, 0.2) is 4.96 Å². The second-order valence-electron chi connectivity index (χ2n) is 5.03. The maximum atomic E-state index is 12.9. The van der Waals surface area contributed by atoms with E-state index in [1.165, 1.54) is 46.1 Å². The average molecular weight is 363 g/mol. The number of thiazole rings is 1. The molecule has 2 aromatic heterocycles. The molecule has 0 amide bonds. The number of rotatable bonds is 4. The Hall–Kier alpha value is -2.32. The van der Waals surface area contributed by atoms with Crippen LogP contribution in [0.15, 0.2) is 35.1 Å². The Balaban J connectivity index is 1.92. The number of fused-ring (bicyclic) bond motifs is 1. The van der Waals surface area contributed by atoms with E-state index in [0.717, 1.165) is 4.88 Å². The van der Waals surface area contributed by atoms with Crippen molar-refractivity contribution in [3.8, 4) is 5.75 Å². The van der Waals surface area contributed by atoms with Gasteiger partial charge in [-0.2, -0.15) is 0 Å². The maximum Gasteiger partial charge on any atom is 0.259 e. The van der Waals surface area contributed by atoms with Gasteiger partial charge in [-0.05, 0) is 31.2 Å². The van der Waals surface area contributed by atoms with Gasteiger partial charge in [0, 0.05) is 18.0 Å². The number of aryl methyl sites for hydroxylation is 1. The topological polar surface area (TPSA) is 55.6 Å². The highest BCUT2D eigenvalue weighted by Crippen LogP contribution is 2.20. The van der Waals surface area contributed by atoms with Gasteiger partial charge in [-0.1, -0.05) is 12.2 Å². The van der Waals surface area contributed by atoms with Crippen LogP contribution < -0.4 is 15.6 Å². The molecule has 3 aromatic rings. The van der Waals surface area contributed by atoms with Crippen molar-refractivity contribution in [1.29, 1.82) is 0 Å². The summed E-state index contributed by atoms with van der Waals surface area (Å²) in [6.07, 6.45) is 0. The first-order valence-electron chi connectivity index (χ1n) is 7.12. The van der Waals surface area contributed by atoms with Crippen molar-refractivity contribution < 1.29 is 9.13 Å². The average Bonchev–Trinajstić information content (AvgIpc) is 2.90. The minimum absolute atomic E-state index is 0.125. The molecule has 0 radical (unpaired) electrons. The molecule has 8 heteroatoms. The van der Waals surface area contributed by atoms with Crippen molar-refractivity contribution in [3.05, 3.63) is 62.8 Å². The third-order valence-corrected chi connectivity index (χ3v) is 4.74. The summed E-state index contributed by atoms with van der Waals surface area (Å²) in [5.74, 6) is 0.181. The highest BCUT2D eigenvalue weighted by molar-refractivity contribution is 7.80. The summed E-state index contributed by atoms with van der Waals surface area (Å²) in [4.78, 5) is 18.9. The molecule has 0 aliphatic rings. The first-order chi connectivity index (χ1) is 11.5. The van der Waals surface area contributed by atoms with Crippen LogP contribution in [0.5, 0.6) is 5.75 Å². The molecule has 3 rings (SSSR count). The zero-order chi connectivity index (χ0) is 17.3. The Labute approximate surface area is 146 Å². The quantitative estimate of drug-likeness (QED) is 0.723. The van der Waals surface area contributed by atoms with Crippen LogP contribution in [0.3, 0.4) is 0 Å². The third kappa shape index (κ3) is 3.15. The monoisotopic (exact) mass is 363 g/mol. The van der Waals surface area contributed by atoms with E-state index < -0.39 is 0 Å². The van der Waals surface area contributed by atoms with Gasteiger partial charge in [-0.25, -0.2) is 13.8 Å². The molecular weight excluding hydrogens is 349 g/mol. The molecule has 1 N–H and O–H groups in total. The Kier molecular flexibility index (Phi) is 4.59. The Bertz CT molecular complexity index is 964. The highest BCUT2D eigenvalue weighted by atomic mass is 32.1. The number of halogens is 1. The molecule has 0 saturated heterocycles. The first-order valence-corrected chi connectivity index (χ1v) is 8.34. The van der Waals surface area contributed by atoms with Crippen LogP contribution in [0, 0.1) is 12.7 Å². The molecular formula is C16H14FN3O2S2. The van der Waals surface area contributed by atoms with Crippen LogP contribution in [0.4, 0.5) is 4.39 Å². The second kappa shape index (κ2) is 6.66. The summed E-state index contributed by atoms with van der Waals surface area (Å²) in [5.41, 5.74) is 0.957. The number of benzene rings is 1. The summed E-state index contributed by atoms with van der Waals surface area (Å²) in [5, 5.41) is 2.89. The Morgan fingerprint density at radius 1 is 1.42 bits per heavy atom. The molecule has 0 saturated carbocycles. The summed E-state index contributed by atoms with van der Waals surface area (Å²) >= 11 is 6.65. The van der Waals surface area contributed by atoms with E-state index in [9.17, 15) is 9.18 Å². The van der Waals surface area contributed by atoms with Gasteiger partial charge in [-0.3, -0.25) is 4.79 Å². The number of ether oxygens (including phenoxy) is 1. The van der Waals surface area contributed by atoms with E-state index in [1.807, 2.05) is 6.92 Å². The molecule has 0 aliphatic carbocycles. The standard InChI is InChI=1S/C16H14FN3O2S2/c1-9-14(15(23)18-2)20-13(21)7-11(19-16(20)24-9)8-22-12-5-3-10(17)4-6-12/h3-7H,8H2,1-2H3,(H,18,23). The fraction of sp³-hybridized carbons (Fsp3) is 0.188. The molecule has 0 atom stereocenters. The lowest BCUT2D eigenvalue weighted by Gasteiger charge is -2.07. The smallest absolute Gasteiger partial charge is 0.259 e. The lowest BCUT2D eigenvalue weighted by Crippen LogP contribution is -2.25. The van der Waals surface area contributed by atoms with Crippen LogP contribution in [0.25, 0.3) is 4.96 Å². The minimum atomic E-state index is -0.331. The predicted octanol–water partition coefficient (Wildman–Crippen LogP) is 2.68. The van der Waals surface area contributed by atoms with Gasteiger partial charge < -0.3 is 10.1 Å². The van der Waals surface area contributed by atoms with Crippen LogP contribution >= 0.6 is 23.6 Å². The minimum Gasteiger partial charge on any atom is -0.487 e. The van der Waals surface area contributed by atoms with Crippen LogP contribution in [0.1, 0.15) is 16.3 Å². The lowest BCUT2D eigenvalue weighted by atomic mass is 10.3. The zero-order valence-corrected chi connectivity index (χ0v) is 14.6. The number of nitrogens with one attached hydrogen (secondary N) is 1. The number of hydrogen-bond acceptors (Lipinski definition) is 5. The van der Waals surface area contributed by atoms with Crippen molar-refractivity contribution in [3.63, 3.8) is 0 Å². The third-order valence-electron chi connectivity index (χ3n) is 3.38. The second-order valence-corrected chi connectivity index (χ2v) is 6.62. The van der Waals surface area contributed by atoms with Gasteiger partial charge in [0.05, 0.1) is 11.4 Å². The molecule has 2 heterocycles. The van der Waals surface area contributed by atoms with E-state index in [4.69, 9.17) is 17.0 Å². The van der Waals surface area contributed by atoms with Gasteiger partial charge in [0.1, 0.15) is 23.2 Å². The van der Waals surface area contributed by atoms with E-state index >= 15 is 0 Å². The van der Waals surface area contributed by atoms with Crippen molar-refractivity contribution in [2.75, 3.05) is 7.05 Å². The molecule has 0 aliphatic heterocycles. The van der Waals surface area contributed by atoms with Gasteiger partial charge in [-0.15, -0.1) is 11.3 Å². The predicted molar refractivity (Wildman–Crippen MR) is 95.6 cm³/mol. The number of hydrogen-bond donors (Lipinski definition) is 1. The Morgan fingerprint density at radius 2 is 2.12 bits per heavy atom. The van der Waals surface area contributed by atoms with Crippen LogP contribution in [-0.2, 0) is 6.61 Å². The van der Waals surface area contributed by atoms with Crippen molar-refractivity contribution in [2.24, 2.45) is 0 Å². The number of aromatic nitrogens is 2. The summed E-state index contributed by atoms with van der Waals surface area (Å²) in [7, 11) is 1.72. The maximum absolute atomic E-state index is 12.9. The number of nitrogens with zero attached hydrogens (tertiary/aromatic N) is 2. The van der Waals surface area contributed by atoms with Crippen LogP contribution in [0.2, 0.25) is 0 Å². The van der Waals surface area contributed by atoms with Crippen molar-refractivity contribution in [1.82, 2.24) is 14.7 Å². The van der Waals surface area contributed by atoms with Gasteiger partial charge in [0.2, 0.25) is 0 Å². The molecule has 0 bridgehead atoms. The van der Waals surface area contributed by atoms with Crippen molar-refractivity contribution in [2.45, 2.75) is 13.5 Å². The highest BCUT2D eigenvalue weighted by Gasteiger charge is 2.16. The van der Waals surface area contributed by atoms with Gasteiger partial charge in [0.25, 0.3) is 5.56 Å². The summed E-state index contributed by atoms with van der Waals surface area (Å²) < 4.78 is 19.9. The van der Waals surface area contributed by atoms with E-state index in [-0.39, 0.29) is 18.0 Å². The first kappa shape index (κ1) is 16.5. The van der Waals surface area contributed by atoms with E-state index in [1.54, 1.807) is 7.05 Å². The summed E-state index contributed by atoms with van der Waals surface area (Å²) in [6, 6.07) is 7.10. The SMILES string of the molecule is CNC(=S)c1c(C)sc2nc(COc3ccc(F)cc3)cc(=O)n12. The molecule has 5 nitrogen and oxygen atoms in total. The lowest BCUT2D eigenvalue weighted by molar-refractivity contribution is 0.301. The summed E-state index contributed by atoms with van der Waals surface area (Å²) in [6.45, 7) is 2.02. The molecule has 0 unspecified atom stereocenters. The zero-order valence-electron chi connectivity index (χ0n) is 13.0. The largest absolute Gasteiger partial charge is 0.487 e. The fourth-order valence-corrected chi connectivity index (χ4v) is 3.57. The molecule has 124 valence electrons. The van der Waals surface area contributed by atoms with Crippen LogP contribution in [-0.4, -0.2) is 21.4 Å². The molecule has 24 heavy (non-hydrogen) atoms. The van der Waals surface area contributed by atoms with Gasteiger partial charge >= 0.3 is 0 Å². The molecule has 0 spiro atoms. The van der Waals surface area contributed by atoms with E-state index in [2.05, 4.69) is 10.3 Å². The number of thiocarbonyl (C=S) groups is 1. The molecule has 1 aromatic carbocycles. The Morgan fingerprint density at radius 3 is 2.79 bits per heavy atom. The molecule has 0 fully saturated rings. The van der Waals surface area contributed by atoms with E-state index in [0.29, 0.717) is 27.1 Å².